The van der Waals surface area contributed by atoms with E-state index in [9.17, 15) is 9.90 Å². The van der Waals surface area contributed by atoms with Crippen molar-refractivity contribution in [1.82, 2.24) is 4.90 Å². The highest BCUT2D eigenvalue weighted by atomic mass is 16.3. The SMILES string of the molecule is CCN(CC(C)(C)O)C(=O)CCc1ccc(C#N)cc1. The van der Waals surface area contributed by atoms with E-state index in [-0.39, 0.29) is 5.91 Å². The van der Waals surface area contributed by atoms with Crippen LogP contribution in [0.5, 0.6) is 0 Å². The normalized spacial score (nSPS) is 10.9. The van der Waals surface area contributed by atoms with Crippen LogP contribution >= 0.6 is 0 Å². The minimum absolute atomic E-state index is 0.0407. The van der Waals surface area contributed by atoms with Crippen molar-refractivity contribution in [3.05, 3.63) is 35.4 Å². The van der Waals surface area contributed by atoms with Gasteiger partial charge in [0.2, 0.25) is 5.91 Å². The standard InChI is InChI=1S/C16H22N2O2/c1-4-18(12-16(2,3)20)15(19)10-9-13-5-7-14(11-17)8-6-13/h5-8,20H,4,9-10,12H2,1-3H3. The fourth-order valence-electron chi connectivity index (χ4n) is 2.00. The predicted octanol–water partition coefficient (Wildman–Crippen LogP) is 2.11. The average Bonchev–Trinajstić information content (AvgIpc) is 2.41. The quantitative estimate of drug-likeness (QED) is 0.864. The van der Waals surface area contributed by atoms with Gasteiger partial charge in [0.25, 0.3) is 0 Å². The van der Waals surface area contributed by atoms with Gasteiger partial charge < -0.3 is 10.0 Å². The van der Waals surface area contributed by atoms with Crippen molar-refractivity contribution in [3.8, 4) is 6.07 Å². The Bertz CT molecular complexity index is 481. The summed E-state index contributed by atoms with van der Waals surface area (Å²) in [5.74, 6) is 0.0407. The Hall–Kier alpha value is -1.86. The minimum atomic E-state index is -0.875. The molecule has 0 atom stereocenters. The number of hydrogen-bond donors (Lipinski definition) is 1. The van der Waals surface area contributed by atoms with Crippen LogP contribution in [0.25, 0.3) is 0 Å². The maximum Gasteiger partial charge on any atom is 0.222 e. The van der Waals surface area contributed by atoms with Crippen LogP contribution in [0.15, 0.2) is 24.3 Å². The van der Waals surface area contributed by atoms with Crippen LogP contribution in [0.1, 0.15) is 38.3 Å². The highest BCUT2D eigenvalue weighted by Gasteiger charge is 2.20. The Labute approximate surface area is 120 Å². The largest absolute Gasteiger partial charge is 0.389 e. The van der Waals surface area contributed by atoms with Gasteiger partial charge in [-0.1, -0.05) is 12.1 Å². The first kappa shape index (κ1) is 16.2. The zero-order chi connectivity index (χ0) is 15.2. The Morgan fingerprint density at radius 2 is 1.95 bits per heavy atom. The Balaban J connectivity index is 2.54. The number of hydrogen-bond acceptors (Lipinski definition) is 3. The summed E-state index contributed by atoms with van der Waals surface area (Å²) in [5.41, 5.74) is 0.786. The van der Waals surface area contributed by atoms with Gasteiger partial charge in [0.15, 0.2) is 0 Å². The zero-order valence-corrected chi connectivity index (χ0v) is 12.4. The smallest absolute Gasteiger partial charge is 0.222 e. The molecule has 1 amide bonds. The van der Waals surface area contributed by atoms with Gasteiger partial charge >= 0.3 is 0 Å². The van der Waals surface area contributed by atoms with Gasteiger partial charge in [0, 0.05) is 19.5 Å². The van der Waals surface area contributed by atoms with E-state index < -0.39 is 5.60 Å². The second kappa shape index (κ2) is 7.06. The molecule has 0 fully saturated rings. The summed E-state index contributed by atoms with van der Waals surface area (Å²) in [5, 5.41) is 18.5. The average molecular weight is 274 g/mol. The molecule has 4 nitrogen and oxygen atoms in total. The molecular weight excluding hydrogens is 252 g/mol. The maximum atomic E-state index is 12.1. The Kier molecular flexibility index (Phi) is 5.72. The predicted molar refractivity (Wildman–Crippen MR) is 78.0 cm³/mol. The van der Waals surface area contributed by atoms with Crippen molar-refractivity contribution in [2.75, 3.05) is 13.1 Å². The molecule has 1 aromatic rings. The van der Waals surface area contributed by atoms with Crippen LogP contribution in [0, 0.1) is 11.3 Å². The van der Waals surface area contributed by atoms with E-state index in [0.717, 1.165) is 5.56 Å². The maximum absolute atomic E-state index is 12.1. The lowest BCUT2D eigenvalue weighted by atomic mass is 10.1. The summed E-state index contributed by atoms with van der Waals surface area (Å²) >= 11 is 0. The van der Waals surface area contributed by atoms with Gasteiger partial charge in [0.1, 0.15) is 0 Å². The second-order valence-corrected chi connectivity index (χ2v) is 5.53. The van der Waals surface area contributed by atoms with E-state index in [0.29, 0.717) is 31.5 Å². The van der Waals surface area contributed by atoms with Crippen LogP contribution < -0.4 is 0 Å². The highest BCUT2D eigenvalue weighted by Crippen LogP contribution is 2.10. The first-order valence-corrected chi connectivity index (χ1v) is 6.85. The van der Waals surface area contributed by atoms with Crippen molar-refractivity contribution >= 4 is 5.91 Å². The fraction of sp³-hybridized carbons (Fsp3) is 0.500. The molecule has 0 aromatic heterocycles. The number of benzene rings is 1. The lowest BCUT2D eigenvalue weighted by Crippen LogP contribution is -2.42. The number of carbonyl (C=O) groups is 1. The molecule has 4 heteroatoms. The molecule has 108 valence electrons. The molecule has 0 unspecified atom stereocenters. The third-order valence-corrected chi connectivity index (χ3v) is 3.02. The molecule has 1 N–H and O–H groups in total. The number of nitrogens with zero attached hydrogens (tertiary/aromatic N) is 2. The van der Waals surface area contributed by atoms with Crippen molar-refractivity contribution in [1.29, 1.82) is 5.26 Å². The monoisotopic (exact) mass is 274 g/mol. The molecule has 1 rings (SSSR count). The van der Waals surface area contributed by atoms with Gasteiger partial charge in [-0.05, 0) is 44.9 Å². The molecule has 0 radical (unpaired) electrons. The molecule has 0 saturated heterocycles. The van der Waals surface area contributed by atoms with Crippen LogP contribution in [0.2, 0.25) is 0 Å². The number of rotatable bonds is 6. The van der Waals surface area contributed by atoms with E-state index in [4.69, 9.17) is 5.26 Å². The summed E-state index contributed by atoms with van der Waals surface area (Å²) in [6.07, 6.45) is 1.06. The van der Waals surface area contributed by atoms with Crippen LogP contribution in [-0.2, 0) is 11.2 Å². The number of carbonyl (C=O) groups excluding carboxylic acids is 1. The van der Waals surface area contributed by atoms with E-state index >= 15 is 0 Å². The molecule has 0 aliphatic rings. The van der Waals surface area contributed by atoms with E-state index in [1.807, 2.05) is 19.1 Å². The summed E-state index contributed by atoms with van der Waals surface area (Å²) in [6, 6.07) is 9.33. The van der Waals surface area contributed by atoms with Gasteiger partial charge in [-0.3, -0.25) is 4.79 Å². The van der Waals surface area contributed by atoms with Crippen molar-refractivity contribution < 1.29 is 9.90 Å². The molecule has 0 saturated carbocycles. The second-order valence-electron chi connectivity index (χ2n) is 5.53. The molecule has 0 spiro atoms. The van der Waals surface area contributed by atoms with Crippen molar-refractivity contribution in [2.24, 2.45) is 0 Å². The first-order chi connectivity index (χ1) is 9.35. The zero-order valence-electron chi connectivity index (χ0n) is 12.4. The summed E-state index contributed by atoms with van der Waals surface area (Å²) in [4.78, 5) is 13.8. The molecular formula is C16H22N2O2. The van der Waals surface area contributed by atoms with Gasteiger partial charge in [-0.25, -0.2) is 0 Å². The lowest BCUT2D eigenvalue weighted by Gasteiger charge is -2.28. The molecule has 0 bridgehead atoms. The third-order valence-electron chi connectivity index (χ3n) is 3.02. The van der Waals surface area contributed by atoms with Gasteiger partial charge in [-0.2, -0.15) is 5.26 Å². The summed E-state index contributed by atoms with van der Waals surface area (Å²) in [6.45, 7) is 6.24. The third kappa shape index (κ3) is 5.41. The lowest BCUT2D eigenvalue weighted by molar-refractivity contribution is -0.133. The molecule has 0 heterocycles. The molecule has 0 aliphatic heterocycles. The Morgan fingerprint density at radius 3 is 2.40 bits per heavy atom. The van der Waals surface area contributed by atoms with Crippen molar-refractivity contribution in [2.45, 2.75) is 39.2 Å². The first-order valence-electron chi connectivity index (χ1n) is 6.85. The van der Waals surface area contributed by atoms with E-state index in [1.165, 1.54) is 0 Å². The topological polar surface area (TPSA) is 64.3 Å². The van der Waals surface area contributed by atoms with Crippen LogP contribution in [0.3, 0.4) is 0 Å². The summed E-state index contributed by atoms with van der Waals surface area (Å²) < 4.78 is 0. The van der Waals surface area contributed by atoms with Crippen LogP contribution in [-0.4, -0.2) is 34.6 Å². The molecule has 20 heavy (non-hydrogen) atoms. The fourth-order valence-corrected chi connectivity index (χ4v) is 2.00. The van der Waals surface area contributed by atoms with E-state index in [2.05, 4.69) is 6.07 Å². The number of aliphatic hydroxyl groups is 1. The van der Waals surface area contributed by atoms with Crippen molar-refractivity contribution in [3.63, 3.8) is 0 Å². The molecule has 1 aromatic carbocycles. The Morgan fingerprint density at radius 1 is 1.35 bits per heavy atom. The van der Waals surface area contributed by atoms with Gasteiger partial charge in [-0.15, -0.1) is 0 Å². The number of nitriles is 1. The highest BCUT2D eigenvalue weighted by molar-refractivity contribution is 5.76. The van der Waals surface area contributed by atoms with E-state index in [1.54, 1.807) is 30.9 Å². The van der Waals surface area contributed by atoms with Gasteiger partial charge in [0.05, 0.1) is 17.2 Å². The number of amides is 1. The van der Waals surface area contributed by atoms with Crippen LogP contribution in [0.4, 0.5) is 0 Å². The summed E-state index contributed by atoms with van der Waals surface area (Å²) in [7, 11) is 0. The number of aryl methyl sites for hydroxylation is 1. The number of likely N-dealkylation sites (N-methyl/N-ethyl adjacent to an activating group) is 1. The molecule has 0 aliphatic carbocycles. The minimum Gasteiger partial charge on any atom is -0.389 e.